The third-order valence-electron chi connectivity index (χ3n) is 2.42. The van der Waals surface area contributed by atoms with E-state index in [0.29, 0.717) is 19.3 Å². The number of carbonyl (C=O) groups is 1. The topological polar surface area (TPSA) is 66.8 Å². The van der Waals surface area contributed by atoms with Gasteiger partial charge in [0.2, 0.25) is 0 Å². The summed E-state index contributed by atoms with van der Waals surface area (Å²) in [6, 6.07) is 0. The van der Waals surface area contributed by atoms with Crippen LogP contribution in [0.5, 0.6) is 0 Å². The zero-order valence-corrected chi connectivity index (χ0v) is 8.69. The second kappa shape index (κ2) is 4.28. The number of hydrogen-bond donors (Lipinski definition) is 2. The molecule has 1 rings (SSSR count). The van der Waals surface area contributed by atoms with Crippen molar-refractivity contribution in [2.45, 2.75) is 57.3 Å². The Morgan fingerprint density at radius 3 is 2.71 bits per heavy atom. The van der Waals surface area contributed by atoms with Gasteiger partial charge in [-0.25, -0.2) is 4.79 Å². The van der Waals surface area contributed by atoms with E-state index < -0.39 is 17.7 Å². The molecule has 0 saturated heterocycles. The van der Waals surface area contributed by atoms with Crippen LogP contribution in [0.15, 0.2) is 0 Å². The van der Waals surface area contributed by atoms with Gasteiger partial charge in [0.1, 0.15) is 0 Å². The molecule has 2 atom stereocenters. The van der Waals surface area contributed by atoms with Crippen LogP contribution in [-0.4, -0.2) is 34.0 Å². The summed E-state index contributed by atoms with van der Waals surface area (Å²) in [4.78, 5) is 11.5. The summed E-state index contributed by atoms with van der Waals surface area (Å²) >= 11 is 0. The van der Waals surface area contributed by atoms with Gasteiger partial charge in [-0.15, -0.1) is 0 Å². The average molecular weight is 202 g/mol. The van der Waals surface area contributed by atoms with Crippen LogP contribution < -0.4 is 0 Å². The molecular weight excluding hydrogens is 184 g/mol. The molecule has 0 bridgehead atoms. The molecule has 0 heterocycles. The van der Waals surface area contributed by atoms with Gasteiger partial charge >= 0.3 is 5.97 Å². The molecule has 0 aromatic rings. The number of ether oxygens (including phenoxy) is 1. The Bertz CT molecular complexity index is 214. The molecule has 1 aliphatic rings. The SMILES string of the molecule is CC(C)OC(=O)C1(O)CCCC(O)C1. The molecule has 2 unspecified atom stereocenters. The molecule has 0 aromatic heterocycles. The quantitative estimate of drug-likeness (QED) is 0.644. The maximum atomic E-state index is 11.5. The number of aliphatic hydroxyl groups excluding tert-OH is 1. The van der Waals surface area contributed by atoms with Crippen molar-refractivity contribution < 1.29 is 19.7 Å². The highest BCUT2D eigenvalue weighted by molar-refractivity contribution is 5.79. The van der Waals surface area contributed by atoms with Crippen molar-refractivity contribution in [1.82, 2.24) is 0 Å². The van der Waals surface area contributed by atoms with E-state index in [2.05, 4.69) is 0 Å². The molecule has 1 aliphatic carbocycles. The molecule has 14 heavy (non-hydrogen) atoms. The van der Waals surface area contributed by atoms with Crippen molar-refractivity contribution in [3.05, 3.63) is 0 Å². The molecule has 0 spiro atoms. The summed E-state index contributed by atoms with van der Waals surface area (Å²) in [5, 5.41) is 19.3. The fraction of sp³-hybridized carbons (Fsp3) is 0.900. The van der Waals surface area contributed by atoms with Crippen LogP contribution in [0.3, 0.4) is 0 Å². The van der Waals surface area contributed by atoms with Crippen molar-refractivity contribution in [3.63, 3.8) is 0 Å². The summed E-state index contributed by atoms with van der Waals surface area (Å²) in [5.41, 5.74) is -1.47. The normalized spacial score (nSPS) is 33.1. The highest BCUT2D eigenvalue weighted by atomic mass is 16.6. The van der Waals surface area contributed by atoms with Crippen molar-refractivity contribution in [3.8, 4) is 0 Å². The molecule has 4 heteroatoms. The van der Waals surface area contributed by atoms with Crippen LogP contribution in [0.2, 0.25) is 0 Å². The third kappa shape index (κ3) is 2.69. The van der Waals surface area contributed by atoms with Crippen LogP contribution >= 0.6 is 0 Å². The van der Waals surface area contributed by atoms with Crippen molar-refractivity contribution in [2.24, 2.45) is 0 Å². The van der Waals surface area contributed by atoms with Gasteiger partial charge in [0.15, 0.2) is 5.60 Å². The van der Waals surface area contributed by atoms with Crippen molar-refractivity contribution >= 4 is 5.97 Å². The second-order valence-corrected chi connectivity index (χ2v) is 4.24. The minimum absolute atomic E-state index is 0.0958. The van der Waals surface area contributed by atoms with E-state index in [0.717, 1.165) is 0 Å². The predicted octanol–water partition coefficient (Wildman–Crippen LogP) is 0.604. The van der Waals surface area contributed by atoms with Gasteiger partial charge in [0, 0.05) is 6.42 Å². The molecule has 0 aromatic carbocycles. The molecule has 4 nitrogen and oxygen atoms in total. The second-order valence-electron chi connectivity index (χ2n) is 4.24. The van der Waals surface area contributed by atoms with Crippen LogP contribution in [0, 0.1) is 0 Å². The van der Waals surface area contributed by atoms with E-state index >= 15 is 0 Å². The van der Waals surface area contributed by atoms with E-state index in [1.165, 1.54) is 0 Å². The first-order valence-corrected chi connectivity index (χ1v) is 5.05. The zero-order chi connectivity index (χ0) is 10.8. The van der Waals surface area contributed by atoms with Gasteiger partial charge in [-0.2, -0.15) is 0 Å². The van der Waals surface area contributed by atoms with E-state index in [4.69, 9.17) is 4.74 Å². The molecule has 0 aliphatic heterocycles. The summed E-state index contributed by atoms with van der Waals surface area (Å²) in [7, 11) is 0. The number of hydrogen-bond acceptors (Lipinski definition) is 4. The minimum Gasteiger partial charge on any atom is -0.461 e. The van der Waals surface area contributed by atoms with Crippen LogP contribution in [-0.2, 0) is 9.53 Å². The Kier molecular flexibility index (Phi) is 3.50. The average Bonchev–Trinajstić information content (AvgIpc) is 2.02. The largest absolute Gasteiger partial charge is 0.461 e. The molecule has 2 N–H and O–H groups in total. The molecule has 1 fully saturated rings. The predicted molar refractivity (Wildman–Crippen MR) is 50.7 cm³/mol. The van der Waals surface area contributed by atoms with Gasteiger partial charge in [0.25, 0.3) is 0 Å². The lowest BCUT2D eigenvalue weighted by molar-refractivity contribution is -0.176. The van der Waals surface area contributed by atoms with E-state index in [1.807, 2.05) is 0 Å². The Morgan fingerprint density at radius 1 is 1.57 bits per heavy atom. The summed E-state index contributed by atoms with van der Waals surface area (Å²) < 4.78 is 4.94. The minimum atomic E-state index is -1.47. The monoisotopic (exact) mass is 202 g/mol. The first-order chi connectivity index (χ1) is 6.44. The number of carbonyl (C=O) groups excluding carboxylic acids is 1. The Balaban J connectivity index is 2.59. The van der Waals surface area contributed by atoms with Crippen LogP contribution in [0.1, 0.15) is 39.5 Å². The van der Waals surface area contributed by atoms with Gasteiger partial charge in [0.05, 0.1) is 12.2 Å². The van der Waals surface area contributed by atoms with E-state index in [1.54, 1.807) is 13.8 Å². The summed E-state index contributed by atoms with van der Waals surface area (Å²) in [5.74, 6) is -0.605. The number of esters is 1. The number of rotatable bonds is 2. The Morgan fingerprint density at radius 2 is 2.21 bits per heavy atom. The van der Waals surface area contributed by atoms with Crippen molar-refractivity contribution in [1.29, 1.82) is 0 Å². The molecule has 82 valence electrons. The highest BCUT2D eigenvalue weighted by Crippen LogP contribution is 2.29. The lowest BCUT2D eigenvalue weighted by Gasteiger charge is -2.32. The fourth-order valence-electron chi connectivity index (χ4n) is 1.73. The van der Waals surface area contributed by atoms with Gasteiger partial charge < -0.3 is 14.9 Å². The third-order valence-corrected chi connectivity index (χ3v) is 2.42. The first-order valence-electron chi connectivity index (χ1n) is 5.05. The van der Waals surface area contributed by atoms with Crippen LogP contribution in [0.25, 0.3) is 0 Å². The maximum Gasteiger partial charge on any atom is 0.338 e. The molecule has 0 radical (unpaired) electrons. The van der Waals surface area contributed by atoms with E-state index in [-0.39, 0.29) is 12.5 Å². The fourth-order valence-corrected chi connectivity index (χ4v) is 1.73. The Labute approximate surface area is 83.9 Å². The van der Waals surface area contributed by atoms with Gasteiger partial charge in [-0.1, -0.05) is 0 Å². The summed E-state index contributed by atoms with van der Waals surface area (Å²) in [6.45, 7) is 3.47. The van der Waals surface area contributed by atoms with Crippen LogP contribution in [0.4, 0.5) is 0 Å². The highest BCUT2D eigenvalue weighted by Gasteiger charge is 2.42. The summed E-state index contributed by atoms with van der Waals surface area (Å²) in [6.07, 6.45) is 0.968. The zero-order valence-electron chi connectivity index (χ0n) is 8.69. The molecular formula is C10H18O4. The lowest BCUT2D eigenvalue weighted by Crippen LogP contribution is -2.46. The smallest absolute Gasteiger partial charge is 0.338 e. The van der Waals surface area contributed by atoms with E-state index in [9.17, 15) is 15.0 Å². The molecule has 1 saturated carbocycles. The maximum absolute atomic E-state index is 11.5. The first kappa shape index (κ1) is 11.5. The van der Waals surface area contributed by atoms with Crippen molar-refractivity contribution in [2.75, 3.05) is 0 Å². The van der Waals surface area contributed by atoms with Gasteiger partial charge in [-0.3, -0.25) is 0 Å². The Hall–Kier alpha value is -0.610. The number of aliphatic hydroxyl groups is 2. The molecule has 0 amide bonds. The lowest BCUT2D eigenvalue weighted by atomic mass is 9.83. The standard InChI is InChI=1S/C10H18O4/c1-7(2)14-9(12)10(13)5-3-4-8(11)6-10/h7-8,11,13H,3-6H2,1-2H3. The van der Waals surface area contributed by atoms with Gasteiger partial charge in [-0.05, 0) is 33.1 Å².